The van der Waals surface area contributed by atoms with Gasteiger partial charge >= 0.3 is 5.97 Å². The summed E-state index contributed by atoms with van der Waals surface area (Å²) in [5.41, 5.74) is 1.03. The first-order valence-electron chi connectivity index (χ1n) is 9.42. The number of H-pyrrole nitrogens is 1. The Morgan fingerprint density at radius 3 is 3.00 bits per heavy atom. The molecule has 3 rings (SSSR count). The van der Waals surface area contributed by atoms with Crippen molar-refractivity contribution in [2.24, 2.45) is 5.92 Å². The van der Waals surface area contributed by atoms with E-state index in [2.05, 4.69) is 22.2 Å². The highest BCUT2D eigenvalue weighted by atomic mass is 32.2. The van der Waals surface area contributed by atoms with E-state index in [1.54, 1.807) is 6.92 Å². The average Bonchev–Trinajstić information content (AvgIpc) is 2.97. The van der Waals surface area contributed by atoms with Crippen LogP contribution < -0.4 is 10.9 Å². The van der Waals surface area contributed by atoms with Gasteiger partial charge in [-0.1, -0.05) is 18.7 Å². The molecule has 1 aliphatic rings. The number of aromatic amines is 1. The number of anilines is 1. The molecule has 0 saturated heterocycles. The van der Waals surface area contributed by atoms with Crippen molar-refractivity contribution in [1.29, 1.82) is 0 Å². The van der Waals surface area contributed by atoms with Crippen molar-refractivity contribution >= 4 is 40.0 Å². The van der Waals surface area contributed by atoms with Gasteiger partial charge < -0.3 is 20.1 Å². The summed E-state index contributed by atoms with van der Waals surface area (Å²) < 4.78 is 5.21. The smallest absolute Gasteiger partial charge is 0.341 e. The second-order valence-electron chi connectivity index (χ2n) is 6.83. The van der Waals surface area contributed by atoms with E-state index in [1.165, 1.54) is 11.3 Å². The van der Waals surface area contributed by atoms with E-state index in [-0.39, 0.29) is 30.0 Å². The van der Waals surface area contributed by atoms with Gasteiger partial charge in [0.25, 0.3) is 5.56 Å². The number of thioether (sulfide) groups is 1. The summed E-state index contributed by atoms with van der Waals surface area (Å²) in [6, 6.07) is 0.979. The van der Waals surface area contributed by atoms with Crippen molar-refractivity contribution in [1.82, 2.24) is 9.97 Å². The lowest BCUT2D eigenvalue weighted by Gasteiger charge is -2.18. The Balaban J connectivity index is 1.67. The summed E-state index contributed by atoms with van der Waals surface area (Å²) in [5.74, 6) is -0.0936. The molecule has 156 valence electrons. The first kappa shape index (κ1) is 21.4. The van der Waals surface area contributed by atoms with Gasteiger partial charge in [0.15, 0.2) is 5.16 Å². The van der Waals surface area contributed by atoms with E-state index < -0.39 is 11.5 Å². The minimum absolute atomic E-state index is 0.158. The second kappa shape index (κ2) is 9.45. The topological polar surface area (TPSA) is 121 Å². The Kier molecular flexibility index (Phi) is 6.96. The van der Waals surface area contributed by atoms with Crippen molar-refractivity contribution in [2.45, 2.75) is 44.7 Å². The number of amides is 1. The fourth-order valence-corrected chi connectivity index (χ4v) is 5.41. The van der Waals surface area contributed by atoms with Gasteiger partial charge in [0.05, 0.1) is 18.2 Å². The SMILES string of the molecule is CCOC(=O)c1c(NC(=O)CCSc2nc(O)cc(=O)[nH]2)sc2c1CCC(C)C2. The van der Waals surface area contributed by atoms with Crippen molar-refractivity contribution < 1.29 is 19.4 Å². The predicted octanol–water partition coefficient (Wildman–Crippen LogP) is 2.96. The van der Waals surface area contributed by atoms with Crippen LogP contribution in [0.1, 0.15) is 47.5 Å². The quantitative estimate of drug-likeness (QED) is 0.346. The fourth-order valence-electron chi connectivity index (χ4n) is 3.18. The zero-order valence-corrected chi connectivity index (χ0v) is 17.9. The predicted molar refractivity (Wildman–Crippen MR) is 112 cm³/mol. The molecular formula is C19H23N3O5S2. The monoisotopic (exact) mass is 437 g/mol. The number of aromatic hydroxyl groups is 1. The van der Waals surface area contributed by atoms with Crippen LogP contribution in [0.25, 0.3) is 0 Å². The van der Waals surface area contributed by atoms with Crippen LogP contribution in [0.4, 0.5) is 5.00 Å². The lowest BCUT2D eigenvalue weighted by atomic mass is 9.88. The summed E-state index contributed by atoms with van der Waals surface area (Å²) in [6.45, 7) is 4.22. The minimum atomic E-state index is -0.457. The fraction of sp³-hybridized carbons (Fsp3) is 0.474. The third-order valence-corrected chi connectivity index (χ3v) is 6.56. The van der Waals surface area contributed by atoms with Crippen molar-refractivity contribution in [2.75, 3.05) is 17.7 Å². The van der Waals surface area contributed by atoms with Crippen molar-refractivity contribution in [3.63, 3.8) is 0 Å². The van der Waals surface area contributed by atoms with Gasteiger partial charge in [-0.2, -0.15) is 4.98 Å². The Hall–Kier alpha value is -2.33. The molecule has 1 amide bonds. The van der Waals surface area contributed by atoms with Gasteiger partial charge in [-0.3, -0.25) is 9.59 Å². The molecule has 0 saturated carbocycles. The number of aromatic nitrogens is 2. The summed E-state index contributed by atoms with van der Waals surface area (Å²) in [4.78, 5) is 43.7. The van der Waals surface area contributed by atoms with Crippen LogP contribution in [0.5, 0.6) is 5.88 Å². The van der Waals surface area contributed by atoms with E-state index in [4.69, 9.17) is 4.74 Å². The number of fused-ring (bicyclic) bond motifs is 1. The van der Waals surface area contributed by atoms with Crippen LogP contribution in [0.15, 0.2) is 16.0 Å². The van der Waals surface area contributed by atoms with E-state index in [0.29, 0.717) is 22.2 Å². The van der Waals surface area contributed by atoms with Crippen LogP contribution >= 0.6 is 23.1 Å². The van der Waals surface area contributed by atoms with Gasteiger partial charge in [-0.25, -0.2) is 4.79 Å². The standard InChI is InChI=1S/C19H23N3O5S2/c1-3-27-18(26)16-11-5-4-10(2)8-12(11)29-17(16)20-13(23)6-7-28-19-21-14(24)9-15(25)22-19/h9-10H,3-8H2,1-2H3,(H,20,23)(H2,21,22,24,25). The first-order valence-corrected chi connectivity index (χ1v) is 11.2. The number of nitrogens with one attached hydrogen (secondary N) is 2. The molecule has 0 bridgehead atoms. The molecule has 3 N–H and O–H groups in total. The third-order valence-electron chi connectivity index (χ3n) is 4.52. The average molecular weight is 438 g/mol. The normalized spacial score (nSPS) is 15.6. The van der Waals surface area contributed by atoms with E-state index in [1.807, 2.05) is 0 Å². The molecule has 1 aliphatic carbocycles. The maximum atomic E-state index is 12.5. The number of carbonyl (C=O) groups excluding carboxylic acids is 2. The molecule has 1 atom stereocenters. The number of hydrogen-bond donors (Lipinski definition) is 3. The second-order valence-corrected chi connectivity index (χ2v) is 9.02. The number of carbonyl (C=O) groups is 2. The van der Waals surface area contributed by atoms with Crippen LogP contribution in [-0.4, -0.2) is 39.3 Å². The zero-order chi connectivity index (χ0) is 21.0. The van der Waals surface area contributed by atoms with Crippen LogP contribution in [0, 0.1) is 5.92 Å². The number of hydrogen-bond acceptors (Lipinski definition) is 8. The molecule has 2 heterocycles. The molecule has 1 unspecified atom stereocenters. The molecule has 2 aromatic rings. The van der Waals surface area contributed by atoms with Crippen molar-refractivity contribution in [3.05, 3.63) is 32.4 Å². The van der Waals surface area contributed by atoms with Gasteiger partial charge in [0, 0.05) is 17.1 Å². The number of nitrogens with zero attached hydrogens (tertiary/aromatic N) is 1. The van der Waals surface area contributed by atoms with Gasteiger partial charge in [0.1, 0.15) is 5.00 Å². The van der Waals surface area contributed by atoms with Crippen LogP contribution in [0.2, 0.25) is 0 Å². The minimum Gasteiger partial charge on any atom is -0.493 e. The molecule has 10 heteroatoms. The lowest BCUT2D eigenvalue weighted by molar-refractivity contribution is -0.115. The molecule has 0 radical (unpaired) electrons. The number of esters is 1. The maximum absolute atomic E-state index is 12.5. The van der Waals surface area contributed by atoms with Crippen LogP contribution in [0.3, 0.4) is 0 Å². The molecule has 29 heavy (non-hydrogen) atoms. The van der Waals surface area contributed by atoms with E-state index in [0.717, 1.165) is 47.5 Å². The van der Waals surface area contributed by atoms with E-state index in [9.17, 15) is 19.5 Å². The summed E-state index contributed by atoms with van der Waals surface area (Å²) >= 11 is 2.61. The van der Waals surface area contributed by atoms with Crippen LogP contribution in [-0.2, 0) is 22.4 Å². The maximum Gasteiger partial charge on any atom is 0.341 e. The molecule has 0 aromatic carbocycles. The molecular weight excluding hydrogens is 414 g/mol. The Morgan fingerprint density at radius 1 is 1.48 bits per heavy atom. The van der Waals surface area contributed by atoms with Gasteiger partial charge in [-0.15, -0.1) is 11.3 Å². The molecule has 0 fully saturated rings. The van der Waals surface area contributed by atoms with Gasteiger partial charge in [-0.05, 0) is 37.7 Å². The highest BCUT2D eigenvalue weighted by Gasteiger charge is 2.29. The molecule has 8 nitrogen and oxygen atoms in total. The number of ether oxygens (including phenoxy) is 1. The highest BCUT2D eigenvalue weighted by Crippen LogP contribution is 2.40. The largest absolute Gasteiger partial charge is 0.493 e. The number of rotatable bonds is 7. The number of thiophene rings is 1. The van der Waals surface area contributed by atoms with E-state index >= 15 is 0 Å². The Morgan fingerprint density at radius 2 is 2.28 bits per heavy atom. The highest BCUT2D eigenvalue weighted by molar-refractivity contribution is 7.99. The molecule has 0 aliphatic heterocycles. The Labute approximate surface area is 176 Å². The van der Waals surface area contributed by atoms with Gasteiger partial charge in [0.2, 0.25) is 11.8 Å². The zero-order valence-electron chi connectivity index (χ0n) is 16.2. The first-order chi connectivity index (χ1) is 13.9. The third kappa shape index (κ3) is 5.39. The molecule has 0 spiro atoms. The summed E-state index contributed by atoms with van der Waals surface area (Å²) in [7, 11) is 0. The molecule has 2 aromatic heterocycles. The summed E-state index contributed by atoms with van der Waals surface area (Å²) in [5, 5.41) is 13.0. The van der Waals surface area contributed by atoms with Crippen molar-refractivity contribution in [3.8, 4) is 5.88 Å². The lowest BCUT2D eigenvalue weighted by Crippen LogP contribution is -2.17. The Bertz CT molecular complexity index is 969. The summed E-state index contributed by atoms with van der Waals surface area (Å²) in [6.07, 6.45) is 2.87.